The zero-order chi connectivity index (χ0) is 15.0. The summed E-state index contributed by atoms with van der Waals surface area (Å²) in [6, 6.07) is 9.41. The molecule has 4 nitrogen and oxygen atoms in total. The van der Waals surface area contributed by atoms with Crippen LogP contribution in [0.25, 0.3) is 0 Å². The van der Waals surface area contributed by atoms with Gasteiger partial charge in [0.05, 0.1) is 18.2 Å². The molecule has 5 heteroatoms. The molecule has 0 saturated carbocycles. The van der Waals surface area contributed by atoms with E-state index in [0.717, 1.165) is 12.2 Å². The number of carbonyl (C=O) groups excluding carboxylic acids is 1. The van der Waals surface area contributed by atoms with Crippen LogP contribution in [0.4, 0.5) is 5.69 Å². The maximum Gasteiger partial charge on any atom is 0.238 e. The number of hydrogen-bond acceptors (Lipinski definition) is 4. The Morgan fingerprint density at radius 2 is 2.30 bits per heavy atom. The van der Waals surface area contributed by atoms with Gasteiger partial charge in [-0.15, -0.1) is 0 Å². The number of benzene rings is 1. The second kappa shape index (κ2) is 8.62. The molecule has 1 atom stereocenters. The van der Waals surface area contributed by atoms with E-state index in [1.165, 1.54) is 0 Å². The standard InChI is InChI=1S/C15H21N3OS/c1-4-14(11-20-3)18(2)10-15(19)17-13-7-5-6-12(8-13)9-16/h5-8,14H,4,10-11H2,1-3H3,(H,17,19). The molecule has 0 fully saturated rings. The van der Waals surface area contributed by atoms with Gasteiger partial charge in [0.25, 0.3) is 0 Å². The van der Waals surface area contributed by atoms with E-state index in [0.29, 0.717) is 23.8 Å². The topological polar surface area (TPSA) is 56.1 Å². The smallest absolute Gasteiger partial charge is 0.238 e. The Labute approximate surface area is 125 Å². The highest BCUT2D eigenvalue weighted by atomic mass is 32.2. The first-order chi connectivity index (χ1) is 9.60. The SMILES string of the molecule is CCC(CSC)N(C)CC(=O)Nc1cccc(C#N)c1. The first-order valence-electron chi connectivity index (χ1n) is 6.59. The van der Waals surface area contributed by atoms with Gasteiger partial charge in [-0.1, -0.05) is 13.0 Å². The predicted octanol–water partition coefficient (Wildman–Crippen LogP) is 2.57. The molecule has 0 saturated heterocycles. The monoisotopic (exact) mass is 291 g/mol. The first-order valence-corrected chi connectivity index (χ1v) is 7.99. The van der Waals surface area contributed by atoms with Crippen LogP contribution < -0.4 is 5.32 Å². The Balaban J connectivity index is 2.56. The van der Waals surface area contributed by atoms with Crippen molar-refractivity contribution >= 4 is 23.4 Å². The number of nitrogens with zero attached hydrogens (tertiary/aromatic N) is 2. The molecule has 1 N–H and O–H groups in total. The van der Waals surface area contributed by atoms with Gasteiger partial charge < -0.3 is 5.32 Å². The molecule has 1 aromatic carbocycles. The minimum Gasteiger partial charge on any atom is -0.325 e. The van der Waals surface area contributed by atoms with Crippen molar-refractivity contribution in [3.05, 3.63) is 29.8 Å². The highest BCUT2D eigenvalue weighted by Gasteiger charge is 2.15. The summed E-state index contributed by atoms with van der Waals surface area (Å²) in [6.07, 6.45) is 3.10. The van der Waals surface area contributed by atoms with Crippen LogP contribution in [0.2, 0.25) is 0 Å². The normalized spacial score (nSPS) is 11.9. The highest BCUT2D eigenvalue weighted by Crippen LogP contribution is 2.11. The quantitative estimate of drug-likeness (QED) is 0.839. The molecule has 0 radical (unpaired) electrons. The van der Waals surface area contributed by atoms with Gasteiger partial charge >= 0.3 is 0 Å². The third-order valence-electron chi connectivity index (χ3n) is 3.12. The lowest BCUT2D eigenvalue weighted by atomic mass is 10.2. The van der Waals surface area contributed by atoms with Crippen molar-refractivity contribution in [2.75, 3.05) is 30.9 Å². The first kappa shape index (κ1) is 16.5. The summed E-state index contributed by atoms with van der Waals surface area (Å²) in [6.45, 7) is 2.49. The third-order valence-corrected chi connectivity index (χ3v) is 3.84. The molecule has 1 rings (SSSR count). The van der Waals surface area contributed by atoms with E-state index in [-0.39, 0.29) is 5.91 Å². The van der Waals surface area contributed by atoms with Crippen LogP contribution in [0.15, 0.2) is 24.3 Å². The molecule has 0 spiro atoms. The molecule has 108 valence electrons. The van der Waals surface area contributed by atoms with Crippen LogP contribution in [-0.2, 0) is 4.79 Å². The molecular weight excluding hydrogens is 270 g/mol. The van der Waals surface area contributed by atoms with E-state index in [1.54, 1.807) is 36.0 Å². The van der Waals surface area contributed by atoms with Crippen molar-refractivity contribution in [1.29, 1.82) is 5.26 Å². The van der Waals surface area contributed by atoms with Gasteiger partial charge in [0, 0.05) is 17.5 Å². The molecule has 0 aliphatic carbocycles. The fraction of sp³-hybridized carbons (Fsp3) is 0.467. The molecule has 0 bridgehead atoms. The fourth-order valence-corrected chi connectivity index (χ4v) is 2.85. The van der Waals surface area contributed by atoms with Crippen molar-refractivity contribution in [3.63, 3.8) is 0 Å². The van der Waals surface area contributed by atoms with E-state index in [1.807, 2.05) is 7.05 Å². The Morgan fingerprint density at radius 3 is 2.90 bits per heavy atom. The summed E-state index contributed by atoms with van der Waals surface area (Å²) in [5, 5.41) is 11.7. The summed E-state index contributed by atoms with van der Waals surface area (Å²) in [4.78, 5) is 14.1. The van der Waals surface area contributed by atoms with Gasteiger partial charge in [0.15, 0.2) is 0 Å². The predicted molar refractivity (Wildman–Crippen MR) is 84.9 cm³/mol. The Morgan fingerprint density at radius 1 is 1.55 bits per heavy atom. The van der Waals surface area contributed by atoms with Gasteiger partial charge in [-0.3, -0.25) is 9.69 Å². The Kier molecular flexibility index (Phi) is 7.13. The summed E-state index contributed by atoms with van der Waals surface area (Å²) >= 11 is 1.79. The summed E-state index contributed by atoms with van der Waals surface area (Å²) in [5.74, 6) is 0.964. The average molecular weight is 291 g/mol. The Hall–Kier alpha value is -1.51. The van der Waals surface area contributed by atoms with E-state index >= 15 is 0 Å². The number of rotatable bonds is 7. The summed E-state index contributed by atoms with van der Waals surface area (Å²) < 4.78 is 0. The molecule has 0 heterocycles. The average Bonchev–Trinajstić information content (AvgIpc) is 2.44. The number of carbonyl (C=O) groups is 1. The second-order valence-electron chi connectivity index (χ2n) is 4.67. The third kappa shape index (κ3) is 5.24. The minimum absolute atomic E-state index is 0.0536. The molecule has 0 aromatic heterocycles. The zero-order valence-electron chi connectivity index (χ0n) is 12.2. The number of nitriles is 1. The van der Waals surface area contributed by atoms with E-state index in [9.17, 15) is 4.79 Å². The summed E-state index contributed by atoms with van der Waals surface area (Å²) in [5.41, 5.74) is 1.21. The van der Waals surface area contributed by atoms with E-state index in [4.69, 9.17) is 5.26 Å². The molecule has 0 aliphatic heterocycles. The summed E-state index contributed by atoms with van der Waals surface area (Å²) in [7, 11) is 1.97. The number of hydrogen-bond donors (Lipinski definition) is 1. The van der Waals surface area contributed by atoms with Gasteiger partial charge in [-0.05, 0) is 37.9 Å². The maximum atomic E-state index is 12.0. The molecular formula is C15H21N3OS. The van der Waals surface area contributed by atoms with Gasteiger partial charge in [0.2, 0.25) is 5.91 Å². The molecule has 1 amide bonds. The molecule has 20 heavy (non-hydrogen) atoms. The second-order valence-corrected chi connectivity index (χ2v) is 5.58. The van der Waals surface area contributed by atoms with Crippen molar-refractivity contribution < 1.29 is 4.79 Å². The molecule has 1 unspecified atom stereocenters. The van der Waals surface area contributed by atoms with Crippen LogP contribution >= 0.6 is 11.8 Å². The van der Waals surface area contributed by atoms with E-state index in [2.05, 4.69) is 29.5 Å². The number of amides is 1. The molecule has 1 aromatic rings. The Bertz CT molecular complexity index is 484. The lowest BCUT2D eigenvalue weighted by Gasteiger charge is -2.25. The number of likely N-dealkylation sites (N-methyl/N-ethyl adjacent to an activating group) is 1. The fourth-order valence-electron chi connectivity index (χ4n) is 1.97. The minimum atomic E-state index is -0.0536. The van der Waals surface area contributed by atoms with Gasteiger partial charge in [0.1, 0.15) is 0 Å². The number of nitrogens with one attached hydrogen (secondary N) is 1. The van der Waals surface area contributed by atoms with Crippen molar-refractivity contribution in [1.82, 2.24) is 4.90 Å². The zero-order valence-corrected chi connectivity index (χ0v) is 13.0. The van der Waals surface area contributed by atoms with Crippen molar-refractivity contribution in [2.45, 2.75) is 19.4 Å². The van der Waals surface area contributed by atoms with Crippen LogP contribution in [0.3, 0.4) is 0 Å². The van der Waals surface area contributed by atoms with Gasteiger partial charge in [-0.2, -0.15) is 17.0 Å². The van der Waals surface area contributed by atoms with Gasteiger partial charge in [-0.25, -0.2) is 0 Å². The van der Waals surface area contributed by atoms with Crippen LogP contribution in [0.5, 0.6) is 0 Å². The van der Waals surface area contributed by atoms with Crippen LogP contribution in [0.1, 0.15) is 18.9 Å². The molecule has 0 aliphatic rings. The maximum absolute atomic E-state index is 12.0. The largest absolute Gasteiger partial charge is 0.325 e. The number of thioether (sulfide) groups is 1. The van der Waals surface area contributed by atoms with E-state index < -0.39 is 0 Å². The van der Waals surface area contributed by atoms with Crippen molar-refractivity contribution in [2.24, 2.45) is 0 Å². The number of anilines is 1. The highest BCUT2D eigenvalue weighted by molar-refractivity contribution is 7.98. The lowest BCUT2D eigenvalue weighted by Crippen LogP contribution is -2.39. The van der Waals surface area contributed by atoms with Crippen LogP contribution in [0, 0.1) is 11.3 Å². The lowest BCUT2D eigenvalue weighted by molar-refractivity contribution is -0.117. The van der Waals surface area contributed by atoms with Crippen LogP contribution in [-0.4, -0.2) is 42.4 Å². The van der Waals surface area contributed by atoms with Crippen molar-refractivity contribution in [3.8, 4) is 6.07 Å².